The number of rotatable bonds is 16. The van der Waals surface area contributed by atoms with Gasteiger partial charge in [-0.3, -0.25) is 18.3 Å². The second-order valence-corrected chi connectivity index (χ2v) is 22.2. The Balaban J connectivity index is 0.727. The van der Waals surface area contributed by atoms with Crippen LogP contribution in [-0.4, -0.2) is 60.6 Å². The molecule has 4 heterocycles. The van der Waals surface area contributed by atoms with Crippen LogP contribution in [0, 0.1) is 0 Å². The zero-order valence-electron chi connectivity index (χ0n) is 48.4. The molecular weight excluding hydrogens is 1120 g/mol. The van der Waals surface area contributed by atoms with Crippen molar-refractivity contribution < 1.29 is 20.4 Å². The molecule has 0 radical (unpaired) electrons. The van der Waals surface area contributed by atoms with E-state index in [1.165, 1.54) is 0 Å². The third-order valence-electron chi connectivity index (χ3n) is 16.9. The van der Waals surface area contributed by atoms with Crippen LogP contribution in [0.15, 0.2) is 304 Å². The van der Waals surface area contributed by atoms with Crippen molar-refractivity contribution in [3.05, 3.63) is 315 Å². The fraction of sp³-hybridized carbons (Fsp3) is 0.0526. The Labute approximate surface area is 519 Å². The summed E-state index contributed by atoms with van der Waals surface area (Å²) in [4.78, 5) is 22.9. The number of aromatic hydroxyl groups is 2. The fourth-order valence-electron chi connectivity index (χ4n) is 12.5. The molecule has 10 aromatic carbocycles. The molecule has 0 aliphatic heterocycles. The number of hydrogen-bond donors (Lipinski definition) is 2. The first-order valence-corrected chi connectivity index (χ1v) is 29.7. The molecule has 1 saturated carbocycles. The lowest BCUT2D eigenvalue weighted by Crippen LogP contribution is -2.63. The molecule has 1 aliphatic carbocycles. The van der Waals surface area contributed by atoms with Crippen molar-refractivity contribution in [2.75, 3.05) is 9.80 Å². The molecule has 15 rings (SSSR count). The Hall–Kier alpha value is -11.8. The summed E-state index contributed by atoms with van der Waals surface area (Å²) in [5.41, 5.74) is 12.4. The van der Waals surface area contributed by atoms with Crippen LogP contribution in [0.25, 0.3) is 68.3 Å². The Morgan fingerprint density at radius 1 is 0.289 bits per heavy atom. The van der Waals surface area contributed by atoms with Crippen molar-refractivity contribution in [3.8, 4) is 79.8 Å². The average molecular weight is 1170 g/mol. The molecule has 2 N–H and O–H groups in total. The van der Waals surface area contributed by atoms with Gasteiger partial charge in [-0.2, -0.15) is 0 Å². The smallest absolute Gasteiger partial charge is 0.144 e. The van der Waals surface area contributed by atoms with Crippen LogP contribution in [0.4, 0.5) is 34.1 Å². The van der Waals surface area contributed by atoms with E-state index < -0.39 is 24.0 Å². The van der Waals surface area contributed by atoms with E-state index in [1.54, 1.807) is 49.1 Å². The molecule has 0 spiro atoms. The summed E-state index contributed by atoms with van der Waals surface area (Å²) in [7, 11) is 0. The minimum Gasteiger partial charge on any atom is -0.851 e. The number of nitrogens with zero attached hydrogens (tertiary/aromatic N) is 10. The average Bonchev–Trinajstić information content (AvgIpc) is 0.993. The topological polar surface area (TPSA) is 164 Å². The van der Waals surface area contributed by atoms with Crippen molar-refractivity contribution in [1.29, 1.82) is 0 Å². The molecule has 0 atom stereocenters. The summed E-state index contributed by atoms with van der Waals surface area (Å²) in [6.07, 6.45) is 12.0. The Morgan fingerprint density at radius 2 is 0.522 bits per heavy atom. The van der Waals surface area contributed by atoms with Gasteiger partial charge in [0.15, 0.2) is 0 Å². The standard InChI is InChI=1S/C76H56N10O4/c87-67-49-63(85(59-29-21-51(22-30-59)73-77-41-45-81(73)55-13-5-1-6-14-55)60-31-23-52(24-32-60)74-78-42-46-82(74)56-15-7-2-8-16-56)37-39-65(67)69-71(89)70(72(69)90)66-40-38-64(50-68(66)88)86(61-33-25-53(26-34-61)75-79-43-47-83(75)57-17-9-3-10-18-57)62-35-27-54(28-36-62)76-80-44-48-84(76)58-19-11-4-12-20-58/h1-50,69-72,87-88H/q-2. The zero-order valence-corrected chi connectivity index (χ0v) is 48.4. The third-order valence-corrected chi connectivity index (χ3v) is 16.9. The van der Waals surface area contributed by atoms with Crippen LogP contribution in [0.5, 0.6) is 11.5 Å². The first-order chi connectivity index (χ1) is 44.3. The monoisotopic (exact) mass is 1170 g/mol. The second kappa shape index (κ2) is 23.4. The van der Waals surface area contributed by atoms with E-state index in [4.69, 9.17) is 19.9 Å². The maximum Gasteiger partial charge on any atom is 0.144 e. The van der Waals surface area contributed by atoms with Crippen LogP contribution >= 0.6 is 0 Å². The van der Waals surface area contributed by atoms with Gasteiger partial charge in [-0.1, -0.05) is 84.9 Å². The minimum absolute atomic E-state index is 0.175. The molecule has 90 heavy (non-hydrogen) atoms. The minimum atomic E-state index is -1.47. The summed E-state index contributed by atoms with van der Waals surface area (Å²) in [6, 6.07) is 82.7. The zero-order chi connectivity index (χ0) is 60.7. The molecule has 14 aromatic rings. The van der Waals surface area contributed by atoms with E-state index in [1.807, 2.05) is 283 Å². The van der Waals surface area contributed by atoms with Gasteiger partial charge in [0.05, 0.1) is 0 Å². The van der Waals surface area contributed by atoms with Crippen LogP contribution < -0.4 is 20.0 Å². The fourth-order valence-corrected chi connectivity index (χ4v) is 12.5. The molecule has 4 aromatic heterocycles. The van der Waals surface area contributed by atoms with E-state index in [0.29, 0.717) is 11.4 Å². The van der Waals surface area contributed by atoms with Crippen LogP contribution in [0.1, 0.15) is 23.0 Å². The van der Waals surface area contributed by atoms with Crippen molar-refractivity contribution in [2.24, 2.45) is 0 Å². The van der Waals surface area contributed by atoms with E-state index in [-0.39, 0.29) is 22.6 Å². The molecule has 14 heteroatoms. The first kappa shape index (κ1) is 54.8. The summed E-state index contributed by atoms with van der Waals surface area (Å²) in [6.45, 7) is 0. The van der Waals surface area contributed by atoms with Crippen molar-refractivity contribution in [3.63, 3.8) is 0 Å². The quantitative estimate of drug-likeness (QED) is 0.0951. The number of phenols is 2. The lowest BCUT2D eigenvalue weighted by Gasteiger charge is -2.61. The third kappa shape index (κ3) is 10.1. The normalized spacial score (nSPS) is 15.3. The highest BCUT2D eigenvalue weighted by Gasteiger charge is 2.41. The van der Waals surface area contributed by atoms with E-state index in [2.05, 4.69) is 0 Å². The van der Waals surface area contributed by atoms with E-state index in [9.17, 15) is 20.4 Å². The predicted molar refractivity (Wildman–Crippen MR) is 349 cm³/mol. The maximum atomic E-state index is 14.6. The number of anilines is 6. The molecule has 0 saturated heterocycles. The van der Waals surface area contributed by atoms with Crippen molar-refractivity contribution >= 4 is 34.1 Å². The van der Waals surface area contributed by atoms with Gasteiger partial charge in [0.25, 0.3) is 0 Å². The highest BCUT2D eigenvalue weighted by Crippen LogP contribution is 2.52. The summed E-state index contributed by atoms with van der Waals surface area (Å²) in [5.74, 6) is 0.600. The summed E-state index contributed by atoms with van der Waals surface area (Å²) in [5, 5.41) is 53.2. The second-order valence-electron chi connectivity index (χ2n) is 22.2. The maximum absolute atomic E-state index is 14.6. The van der Waals surface area contributed by atoms with Gasteiger partial charge in [0, 0.05) is 141 Å². The molecule has 0 unspecified atom stereocenters. The van der Waals surface area contributed by atoms with Gasteiger partial charge in [-0.05, 0) is 181 Å². The SMILES string of the molecule is [O-]C1C(c2ccc(N(c3ccc(-c4nccn4-c4ccccc4)cc3)c3ccc(-c4nccn4-c4ccccc4)cc3)cc2O)C([O-])C1c1ccc(N(c2ccc(-c3nccn3-c3ccccc3)cc2)c2ccc(-c3nccn3-c3ccccc3)cc2)cc1O. The number of imidazole rings is 4. The number of benzene rings is 10. The van der Waals surface area contributed by atoms with Crippen LogP contribution in [0.2, 0.25) is 0 Å². The Bertz CT molecular complexity index is 4230. The molecular formula is C76H56N10O4-2. The van der Waals surface area contributed by atoms with Crippen molar-refractivity contribution in [1.82, 2.24) is 38.2 Å². The first-order valence-electron chi connectivity index (χ1n) is 29.7. The lowest BCUT2D eigenvalue weighted by atomic mass is 9.63. The van der Waals surface area contributed by atoms with E-state index >= 15 is 0 Å². The van der Waals surface area contributed by atoms with Gasteiger partial charge in [0.1, 0.15) is 34.8 Å². The molecule has 0 amide bonds. The molecule has 1 fully saturated rings. The Morgan fingerprint density at radius 3 is 0.756 bits per heavy atom. The van der Waals surface area contributed by atoms with Crippen LogP contribution in [0.3, 0.4) is 0 Å². The highest BCUT2D eigenvalue weighted by molar-refractivity contribution is 5.82. The summed E-state index contributed by atoms with van der Waals surface area (Å²) >= 11 is 0. The largest absolute Gasteiger partial charge is 0.851 e. The number of aromatic nitrogens is 8. The predicted octanol–water partition coefficient (Wildman–Crippen LogP) is 14.8. The highest BCUT2D eigenvalue weighted by atomic mass is 16.3. The number of phenolic OH excluding ortho intramolecular Hbond substituents is 2. The Kier molecular flexibility index (Phi) is 14.3. The molecule has 14 nitrogen and oxygen atoms in total. The lowest BCUT2D eigenvalue weighted by molar-refractivity contribution is -0.536. The van der Waals surface area contributed by atoms with Gasteiger partial charge in [0.2, 0.25) is 0 Å². The molecule has 436 valence electrons. The van der Waals surface area contributed by atoms with Crippen molar-refractivity contribution in [2.45, 2.75) is 24.0 Å². The van der Waals surface area contributed by atoms with Crippen LogP contribution in [-0.2, 0) is 0 Å². The molecule has 1 aliphatic rings. The summed E-state index contributed by atoms with van der Waals surface area (Å²) < 4.78 is 8.17. The molecule has 0 bridgehead atoms. The number of hydrogen-bond acceptors (Lipinski definition) is 10. The van der Waals surface area contributed by atoms with Gasteiger partial charge in [-0.15, -0.1) is 12.2 Å². The van der Waals surface area contributed by atoms with E-state index in [0.717, 1.165) is 91.1 Å². The van der Waals surface area contributed by atoms with Gasteiger partial charge in [-0.25, -0.2) is 19.9 Å². The number of para-hydroxylation sites is 4. The van der Waals surface area contributed by atoms with Gasteiger partial charge < -0.3 is 30.2 Å². The van der Waals surface area contributed by atoms with Gasteiger partial charge >= 0.3 is 0 Å².